The van der Waals surface area contributed by atoms with Crippen molar-refractivity contribution in [2.75, 3.05) is 12.3 Å². The summed E-state index contributed by atoms with van der Waals surface area (Å²) in [6.45, 7) is 4.82. The number of nitrogens with one attached hydrogen (secondary N) is 1. The maximum Gasteiger partial charge on any atom is 0.195 e. The van der Waals surface area contributed by atoms with E-state index in [0.717, 1.165) is 42.4 Å². The molecule has 0 amide bonds. The van der Waals surface area contributed by atoms with Gasteiger partial charge in [0.1, 0.15) is 5.54 Å². The van der Waals surface area contributed by atoms with Crippen LogP contribution in [0.1, 0.15) is 33.1 Å². The number of nitriles is 1. The molecule has 5 nitrogen and oxygen atoms in total. The Bertz CT molecular complexity index is 618. The van der Waals surface area contributed by atoms with Gasteiger partial charge in [-0.3, -0.25) is 9.72 Å². The molecule has 0 aliphatic rings. The average Bonchev–Trinajstić information content (AvgIpc) is 2.91. The van der Waals surface area contributed by atoms with Crippen LogP contribution in [-0.4, -0.2) is 32.4 Å². The Hall–Kier alpha value is -1.58. The van der Waals surface area contributed by atoms with Crippen molar-refractivity contribution in [1.82, 2.24) is 19.9 Å². The highest BCUT2D eigenvalue weighted by Gasteiger charge is 2.21. The number of fused-ring (bicyclic) bond motifs is 1. The van der Waals surface area contributed by atoms with Crippen LogP contribution in [0.2, 0.25) is 0 Å². The number of hydrogen-bond acceptors (Lipinski definition) is 5. The van der Waals surface area contributed by atoms with Crippen LogP contribution in [0.15, 0.2) is 29.6 Å². The monoisotopic (exact) mass is 303 g/mol. The topological polar surface area (TPSA) is 66.0 Å². The van der Waals surface area contributed by atoms with Gasteiger partial charge in [-0.15, -0.1) is 10.2 Å². The van der Waals surface area contributed by atoms with Gasteiger partial charge in [0.15, 0.2) is 10.8 Å². The second-order valence-electron chi connectivity index (χ2n) is 5.19. The lowest BCUT2D eigenvalue weighted by molar-refractivity contribution is 0.415. The van der Waals surface area contributed by atoms with Crippen LogP contribution in [0, 0.1) is 11.3 Å². The van der Waals surface area contributed by atoms with Gasteiger partial charge < -0.3 is 0 Å². The third-order valence-electron chi connectivity index (χ3n) is 3.40. The second-order valence-corrected chi connectivity index (χ2v) is 6.25. The molecule has 21 heavy (non-hydrogen) atoms. The Balaban J connectivity index is 1.76. The molecule has 0 saturated carbocycles. The Morgan fingerprint density at radius 3 is 3.00 bits per heavy atom. The molecule has 2 aromatic heterocycles. The van der Waals surface area contributed by atoms with E-state index in [1.165, 1.54) is 0 Å². The first-order chi connectivity index (χ1) is 10.2. The lowest BCUT2D eigenvalue weighted by Gasteiger charge is -2.22. The molecule has 2 heterocycles. The fraction of sp³-hybridized carbons (Fsp3) is 0.533. The van der Waals surface area contributed by atoms with Crippen molar-refractivity contribution in [3.63, 3.8) is 0 Å². The molecule has 112 valence electrons. The number of rotatable bonds is 8. The summed E-state index contributed by atoms with van der Waals surface area (Å²) in [5.74, 6) is 0.989. The number of unbranched alkanes of at least 4 members (excludes halogenated alkanes) is 1. The maximum atomic E-state index is 9.20. The molecule has 0 spiro atoms. The number of pyridine rings is 1. The van der Waals surface area contributed by atoms with Crippen molar-refractivity contribution >= 4 is 17.4 Å². The summed E-state index contributed by atoms with van der Waals surface area (Å²) in [7, 11) is 0. The number of thioether (sulfide) groups is 1. The van der Waals surface area contributed by atoms with Crippen molar-refractivity contribution in [1.29, 1.82) is 5.26 Å². The number of aromatic nitrogens is 3. The fourth-order valence-electron chi connectivity index (χ4n) is 2.24. The quantitative estimate of drug-likeness (QED) is 0.600. The van der Waals surface area contributed by atoms with Gasteiger partial charge in [-0.1, -0.05) is 24.8 Å². The van der Waals surface area contributed by atoms with E-state index in [4.69, 9.17) is 0 Å². The molecule has 0 aliphatic carbocycles. The summed E-state index contributed by atoms with van der Waals surface area (Å²) < 4.78 is 2.00. The lowest BCUT2D eigenvalue weighted by atomic mass is 9.97. The van der Waals surface area contributed by atoms with Gasteiger partial charge in [-0.25, -0.2) is 0 Å². The fourth-order valence-corrected chi connectivity index (χ4v) is 3.16. The minimum atomic E-state index is -0.402. The number of nitrogens with zero attached hydrogens (tertiary/aromatic N) is 4. The van der Waals surface area contributed by atoms with Crippen molar-refractivity contribution < 1.29 is 0 Å². The summed E-state index contributed by atoms with van der Waals surface area (Å²) in [5, 5.41) is 21.7. The zero-order valence-electron chi connectivity index (χ0n) is 12.5. The summed E-state index contributed by atoms with van der Waals surface area (Å²) in [4.78, 5) is 0. The van der Waals surface area contributed by atoms with E-state index in [1.807, 2.05) is 42.6 Å². The molecule has 6 heteroatoms. The standard InChI is InChI=1S/C15H21N5S/c1-3-17-15(2,12-16)9-5-7-11-21-14-19-18-13-8-4-6-10-20(13)14/h4,6,8,10,17H,3,5,7,9,11H2,1-2H3. The molecular weight excluding hydrogens is 282 g/mol. The first kappa shape index (κ1) is 15.8. The zero-order chi connectivity index (χ0) is 15.1. The smallest absolute Gasteiger partial charge is 0.195 e. The molecule has 1 N–H and O–H groups in total. The van der Waals surface area contributed by atoms with Crippen molar-refractivity contribution in [3.05, 3.63) is 24.4 Å². The summed E-state index contributed by atoms with van der Waals surface area (Å²) in [6.07, 6.45) is 4.95. The molecule has 0 radical (unpaired) electrons. The highest BCUT2D eigenvalue weighted by Crippen LogP contribution is 2.20. The number of hydrogen-bond donors (Lipinski definition) is 1. The first-order valence-corrected chi connectivity index (χ1v) is 8.26. The Kier molecular flexibility index (Phi) is 5.59. The molecular formula is C15H21N5S. The van der Waals surface area contributed by atoms with Crippen LogP contribution >= 0.6 is 11.8 Å². The van der Waals surface area contributed by atoms with Crippen molar-refractivity contribution in [2.45, 2.75) is 43.8 Å². The molecule has 2 aromatic rings. The van der Waals surface area contributed by atoms with E-state index < -0.39 is 5.54 Å². The molecule has 0 saturated heterocycles. The molecule has 0 aromatic carbocycles. The van der Waals surface area contributed by atoms with Gasteiger partial charge in [0.25, 0.3) is 0 Å². The highest BCUT2D eigenvalue weighted by atomic mass is 32.2. The molecule has 2 rings (SSSR count). The van der Waals surface area contributed by atoms with E-state index >= 15 is 0 Å². The maximum absolute atomic E-state index is 9.20. The van der Waals surface area contributed by atoms with Crippen LogP contribution in [0.3, 0.4) is 0 Å². The molecule has 0 aliphatic heterocycles. The third-order valence-corrected chi connectivity index (χ3v) is 4.43. The third kappa shape index (κ3) is 4.19. The molecule has 1 atom stereocenters. The normalized spacial score (nSPS) is 14.0. The minimum absolute atomic E-state index is 0.402. The first-order valence-electron chi connectivity index (χ1n) is 7.27. The molecule has 0 fully saturated rings. The SMILES string of the molecule is CCNC(C)(C#N)CCCCSc1nnc2ccccn12. The Labute approximate surface area is 129 Å². The van der Waals surface area contributed by atoms with Gasteiger partial charge >= 0.3 is 0 Å². The van der Waals surface area contributed by atoms with Crippen molar-refractivity contribution in [3.8, 4) is 6.07 Å². The summed E-state index contributed by atoms with van der Waals surface area (Å²) in [6, 6.07) is 8.26. The predicted octanol–water partition coefficient (Wildman–Crippen LogP) is 2.88. The molecule has 1 unspecified atom stereocenters. The van der Waals surface area contributed by atoms with Crippen LogP contribution < -0.4 is 5.32 Å². The van der Waals surface area contributed by atoms with E-state index in [1.54, 1.807) is 11.8 Å². The Morgan fingerprint density at radius 1 is 1.38 bits per heavy atom. The second kappa shape index (κ2) is 7.43. The van der Waals surface area contributed by atoms with Gasteiger partial charge in [-0.2, -0.15) is 5.26 Å². The van der Waals surface area contributed by atoms with Gasteiger partial charge in [0, 0.05) is 11.9 Å². The van der Waals surface area contributed by atoms with Crippen LogP contribution in [0.25, 0.3) is 5.65 Å². The minimum Gasteiger partial charge on any atom is -0.300 e. The van der Waals surface area contributed by atoms with E-state index in [0.29, 0.717) is 0 Å². The van der Waals surface area contributed by atoms with Crippen molar-refractivity contribution in [2.24, 2.45) is 0 Å². The average molecular weight is 303 g/mol. The van der Waals surface area contributed by atoms with E-state index in [9.17, 15) is 5.26 Å². The summed E-state index contributed by atoms with van der Waals surface area (Å²) in [5.41, 5.74) is 0.477. The molecule has 0 bridgehead atoms. The largest absolute Gasteiger partial charge is 0.300 e. The van der Waals surface area contributed by atoms with Gasteiger partial charge in [0.2, 0.25) is 0 Å². The van der Waals surface area contributed by atoms with Crippen LogP contribution in [0.5, 0.6) is 0 Å². The Morgan fingerprint density at radius 2 is 2.24 bits per heavy atom. The lowest BCUT2D eigenvalue weighted by Crippen LogP contribution is -2.40. The van der Waals surface area contributed by atoms with Gasteiger partial charge in [-0.05, 0) is 44.9 Å². The zero-order valence-corrected chi connectivity index (χ0v) is 13.4. The van der Waals surface area contributed by atoms with E-state index in [-0.39, 0.29) is 0 Å². The van der Waals surface area contributed by atoms with Crippen LogP contribution in [0.4, 0.5) is 0 Å². The predicted molar refractivity (Wildman–Crippen MR) is 85.3 cm³/mol. The van der Waals surface area contributed by atoms with Gasteiger partial charge in [0.05, 0.1) is 6.07 Å². The van der Waals surface area contributed by atoms with E-state index in [2.05, 4.69) is 21.6 Å². The summed E-state index contributed by atoms with van der Waals surface area (Å²) >= 11 is 1.71. The van der Waals surface area contributed by atoms with Crippen LogP contribution in [-0.2, 0) is 0 Å². The highest BCUT2D eigenvalue weighted by molar-refractivity contribution is 7.99.